The minimum atomic E-state index is -1.07. The number of anilines is 2. The zero-order valence-electron chi connectivity index (χ0n) is 22.2. The molecular formula is C30H34N2O5. The van der Waals surface area contributed by atoms with Crippen molar-refractivity contribution in [2.24, 2.45) is 0 Å². The second-order valence-electron chi connectivity index (χ2n) is 10.2. The summed E-state index contributed by atoms with van der Waals surface area (Å²) in [5.41, 5.74) is 4.22. The molecule has 1 heterocycles. The molecule has 37 heavy (non-hydrogen) atoms. The van der Waals surface area contributed by atoms with Gasteiger partial charge < -0.3 is 24.8 Å². The molecule has 0 saturated heterocycles. The molecule has 0 bridgehead atoms. The highest BCUT2D eigenvalue weighted by molar-refractivity contribution is 6.05. The Hall–Kier alpha value is -4.00. The number of hydrogen-bond donors (Lipinski definition) is 2. The lowest BCUT2D eigenvalue weighted by Gasteiger charge is -2.33. The smallest absolute Gasteiger partial charge is 0.313 e. The summed E-state index contributed by atoms with van der Waals surface area (Å²) >= 11 is 0. The number of ether oxygens (including phenoxy) is 2. The van der Waals surface area contributed by atoms with Crippen LogP contribution in [0, 0.1) is 20.8 Å². The van der Waals surface area contributed by atoms with E-state index in [1.807, 2.05) is 70.3 Å². The summed E-state index contributed by atoms with van der Waals surface area (Å²) in [6, 6.07) is 17.0. The number of para-hydroxylation sites is 2. The van der Waals surface area contributed by atoms with Crippen molar-refractivity contribution in [1.82, 2.24) is 0 Å². The van der Waals surface area contributed by atoms with E-state index in [2.05, 4.69) is 10.2 Å². The summed E-state index contributed by atoms with van der Waals surface area (Å²) in [4.78, 5) is 27.1. The van der Waals surface area contributed by atoms with Gasteiger partial charge in [-0.15, -0.1) is 0 Å². The van der Waals surface area contributed by atoms with Gasteiger partial charge in [-0.3, -0.25) is 9.59 Å². The van der Waals surface area contributed by atoms with Gasteiger partial charge in [0.25, 0.3) is 5.91 Å². The topological polar surface area (TPSA) is 88.1 Å². The van der Waals surface area contributed by atoms with Gasteiger partial charge in [0.15, 0.2) is 0 Å². The Bertz CT molecular complexity index is 1350. The van der Waals surface area contributed by atoms with Gasteiger partial charge in [0, 0.05) is 18.3 Å². The molecule has 0 spiro atoms. The van der Waals surface area contributed by atoms with E-state index in [0.717, 1.165) is 28.1 Å². The molecule has 7 nitrogen and oxygen atoms in total. The normalized spacial score (nSPS) is 15.0. The summed E-state index contributed by atoms with van der Waals surface area (Å²) < 4.78 is 12.2. The standard InChI is InChI=1S/C30H34N2O5/c1-18-11-12-21(15-24(18)30(4,5)29(34)35)31-28(33)23-13-20(3)27(14-19(23)2)36-17-22-16-32(6)25-9-7-8-10-26(25)37-22/h7-15,22H,16-17H2,1-6H3,(H,31,33)(H,34,35)/t22-/m0/s1. The average molecular weight is 503 g/mol. The van der Waals surface area contributed by atoms with Crippen LogP contribution in [-0.4, -0.2) is 43.3 Å². The van der Waals surface area contributed by atoms with Crippen LogP contribution in [0.5, 0.6) is 11.5 Å². The third kappa shape index (κ3) is 5.40. The molecule has 0 fully saturated rings. The minimum Gasteiger partial charge on any atom is -0.489 e. The Labute approximate surface area is 218 Å². The molecule has 0 aromatic heterocycles. The molecule has 194 valence electrons. The fourth-order valence-corrected chi connectivity index (χ4v) is 4.64. The minimum absolute atomic E-state index is 0.117. The lowest BCUT2D eigenvalue weighted by Crippen LogP contribution is -2.41. The monoisotopic (exact) mass is 502 g/mol. The van der Waals surface area contributed by atoms with E-state index >= 15 is 0 Å². The second kappa shape index (κ2) is 10.2. The van der Waals surface area contributed by atoms with Gasteiger partial charge in [0.2, 0.25) is 0 Å². The largest absolute Gasteiger partial charge is 0.489 e. The van der Waals surface area contributed by atoms with Crippen LogP contribution in [0.3, 0.4) is 0 Å². The first kappa shape index (κ1) is 26.1. The quantitative estimate of drug-likeness (QED) is 0.443. The predicted octanol–water partition coefficient (Wildman–Crippen LogP) is 5.50. The number of hydrogen-bond acceptors (Lipinski definition) is 5. The lowest BCUT2D eigenvalue weighted by atomic mass is 9.82. The fourth-order valence-electron chi connectivity index (χ4n) is 4.64. The molecule has 0 unspecified atom stereocenters. The molecule has 3 aromatic carbocycles. The third-order valence-corrected chi connectivity index (χ3v) is 6.94. The van der Waals surface area contributed by atoms with E-state index < -0.39 is 11.4 Å². The van der Waals surface area contributed by atoms with E-state index in [1.165, 1.54) is 0 Å². The van der Waals surface area contributed by atoms with Crippen molar-refractivity contribution in [3.8, 4) is 11.5 Å². The number of likely N-dealkylation sites (N-methyl/N-ethyl adjacent to an activating group) is 1. The maximum Gasteiger partial charge on any atom is 0.313 e. The Balaban J connectivity index is 1.46. The summed E-state index contributed by atoms with van der Waals surface area (Å²) in [6.07, 6.45) is -0.117. The molecule has 4 rings (SSSR count). The van der Waals surface area contributed by atoms with E-state index in [9.17, 15) is 14.7 Å². The number of amides is 1. The zero-order chi connectivity index (χ0) is 26.9. The lowest BCUT2D eigenvalue weighted by molar-refractivity contribution is -0.142. The van der Waals surface area contributed by atoms with Crippen LogP contribution in [0.25, 0.3) is 0 Å². The molecular weight excluding hydrogens is 468 g/mol. The van der Waals surface area contributed by atoms with Gasteiger partial charge in [-0.1, -0.05) is 18.2 Å². The van der Waals surface area contributed by atoms with Crippen LogP contribution in [0.15, 0.2) is 54.6 Å². The van der Waals surface area contributed by atoms with Gasteiger partial charge in [0.1, 0.15) is 24.2 Å². The highest BCUT2D eigenvalue weighted by Gasteiger charge is 2.31. The number of carboxylic acid groups (broad SMARTS) is 1. The molecule has 3 aromatic rings. The first-order valence-corrected chi connectivity index (χ1v) is 12.3. The van der Waals surface area contributed by atoms with Crippen molar-refractivity contribution >= 4 is 23.3 Å². The molecule has 1 amide bonds. The molecule has 7 heteroatoms. The number of fused-ring (bicyclic) bond motifs is 1. The summed E-state index contributed by atoms with van der Waals surface area (Å²) in [5, 5.41) is 12.6. The molecule has 1 atom stereocenters. The third-order valence-electron chi connectivity index (χ3n) is 6.94. The van der Waals surface area contributed by atoms with E-state index in [0.29, 0.717) is 35.7 Å². The first-order valence-electron chi connectivity index (χ1n) is 12.3. The van der Waals surface area contributed by atoms with Gasteiger partial charge in [-0.2, -0.15) is 0 Å². The number of nitrogens with one attached hydrogen (secondary N) is 1. The number of aryl methyl sites for hydroxylation is 3. The molecule has 0 aliphatic carbocycles. The molecule has 0 radical (unpaired) electrons. The van der Waals surface area contributed by atoms with Crippen molar-refractivity contribution in [3.05, 3.63) is 82.4 Å². The van der Waals surface area contributed by atoms with Gasteiger partial charge in [-0.05, 0) is 93.3 Å². The molecule has 1 aliphatic heterocycles. The van der Waals surface area contributed by atoms with Crippen LogP contribution >= 0.6 is 0 Å². The summed E-state index contributed by atoms with van der Waals surface area (Å²) in [7, 11) is 2.04. The number of carboxylic acids is 1. The number of nitrogens with zero attached hydrogens (tertiary/aromatic N) is 1. The van der Waals surface area contributed by atoms with Crippen molar-refractivity contribution in [2.75, 3.05) is 30.4 Å². The number of aliphatic carboxylic acids is 1. The van der Waals surface area contributed by atoms with Crippen molar-refractivity contribution < 1.29 is 24.2 Å². The zero-order valence-corrected chi connectivity index (χ0v) is 22.2. The number of benzene rings is 3. The van der Waals surface area contributed by atoms with E-state index in [-0.39, 0.29) is 12.0 Å². The predicted molar refractivity (Wildman–Crippen MR) is 145 cm³/mol. The summed E-state index contributed by atoms with van der Waals surface area (Å²) in [6.45, 7) is 10.1. The maximum absolute atomic E-state index is 13.1. The Morgan fingerprint density at radius 2 is 1.78 bits per heavy atom. The molecule has 2 N–H and O–H groups in total. The van der Waals surface area contributed by atoms with Gasteiger partial charge >= 0.3 is 5.97 Å². The van der Waals surface area contributed by atoms with Crippen LogP contribution in [0.2, 0.25) is 0 Å². The van der Waals surface area contributed by atoms with Crippen molar-refractivity contribution in [3.63, 3.8) is 0 Å². The number of carbonyl (C=O) groups is 2. The van der Waals surface area contributed by atoms with Crippen LogP contribution in [0.4, 0.5) is 11.4 Å². The van der Waals surface area contributed by atoms with Crippen LogP contribution < -0.4 is 19.7 Å². The van der Waals surface area contributed by atoms with Crippen LogP contribution in [0.1, 0.15) is 46.5 Å². The highest BCUT2D eigenvalue weighted by Crippen LogP contribution is 2.33. The number of rotatable bonds is 7. The second-order valence-corrected chi connectivity index (χ2v) is 10.2. The Morgan fingerprint density at radius 3 is 2.51 bits per heavy atom. The van der Waals surface area contributed by atoms with E-state index in [4.69, 9.17) is 9.47 Å². The van der Waals surface area contributed by atoms with Crippen molar-refractivity contribution in [2.45, 2.75) is 46.1 Å². The average Bonchev–Trinajstić information content (AvgIpc) is 2.85. The highest BCUT2D eigenvalue weighted by atomic mass is 16.5. The van der Waals surface area contributed by atoms with Gasteiger partial charge in [-0.25, -0.2) is 0 Å². The van der Waals surface area contributed by atoms with Crippen LogP contribution in [-0.2, 0) is 10.2 Å². The molecule has 1 aliphatic rings. The molecule has 0 saturated carbocycles. The first-order chi connectivity index (χ1) is 17.5. The van der Waals surface area contributed by atoms with Gasteiger partial charge in [0.05, 0.1) is 17.6 Å². The SMILES string of the molecule is Cc1cc(C(=O)Nc2ccc(C)c(C(C)(C)C(=O)O)c2)c(C)cc1OC[C@@H]1CN(C)c2ccccc2O1. The Kier molecular flexibility index (Phi) is 7.16. The fraction of sp³-hybridized carbons (Fsp3) is 0.333. The summed E-state index contributed by atoms with van der Waals surface area (Å²) in [5.74, 6) is 0.371. The van der Waals surface area contributed by atoms with Crippen molar-refractivity contribution in [1.29, 1.82) is 0 Å². The number of carbonyl (C=O) groups excluding carboxylic acids is 1. The van der Waals surface area contributed by atoms with E-state index in [1.54, 1.807) is 26.0 Å². The Morgan fingerprint density at radius 1 is 1.05 bits per heavy atom. The maximum atomic E-state index is 13.1.